The van der Waals surface area contributed by atoms with Crippen molar-refractivity contribution in [1.29, 1.82) is 0 Å². The van der Waals surface area contributed by atoms with Crippen LogP contribution in [0.15, 0.2) is 34.1 Å². The molecule has 4 rings (SSSR count). The molecule has 1 aromatic heterocycles. The molecule has 3 heterocycles. The Morgan fingerprint density at radius 1 is 1.14 bits per heavy atom. The van der Waals surface area contributed by atoms with Gasteiger partial charge in [-0.15, -0.1) is 11.3 Å². The largest absolute Gasteiger partial charge is 0.481 e. The molecule has 6 nitrogen and oxygen atoms in total. The van der Waals surface area contributed by atoms with Crippen LogP contribution in [0.25, 0.3) is 0 Å². The number of nitrogens with one attached hydrogen (secondary N) is 1. The first-order chi connectivity index (χ1) is 14.3. The predicted octanol–water partition coefficient (Wildman–Crippen LogP) is 4.06. The normalized spacial score (nSPS) is 17.4. The van der Waals surface area contributed by atoms with E-state index in [1.54, 1.807) is 11.3 Å². The van der Waals surface area contributed by atoms with E-state index in [4.69, 9.17) is 18.9 Å². The molecule has 8 heteroatoms. The first-order valence-corrected chi connectivity index (χ1v) is 11.7. The van der Waals surface area contributed by atoms with E-state index in [0.717, 1.165) is 74.1 Å². The van der Waals surface area contributed by atoms with Crippen molar-refractivity contribution in [2.75, 3.05) is 52.7 Å². The minimum atomic E-state index is -0.0336. The summed E-state index contributed by atoms with van der Waals surface area (Å²) >= 11 is 5.27. The van der Waals surface area contributed by atoms with Crippen LogP contribution in [0.5, 0.6) is 17.2 Å². The number of thiophene rings is 1. The van der Waals surface area contributed by atoms with E-state index >= 15 is 0 Å². The van der Waals surface area contributed by atoms with Crippen LogP contribution in [-0.2, 0) is 4.74 Å². The summed E-state index contributed by atoms with van der Waals surface area (Å²) in [5.41, 5.74) is 0. The first kappa shape index (κ1) is 20.9. The molecule has 1 N–H and O–H groups in total. The van der Waals surface area contributed by atoms with Crippen LogP contribution in [0.1, 0.15) is 23.8 Å². The van der Waals surface area contributed by atoms with Gasteiger partial charge in [-0.3, -0.25) is 4.90 Å². The predicted molar refractivity (Wildman–Crippen MR) is 117 cm³/mol. The molecule has 1 atom stereocenters. The average Bonchev–Trinajstić information content (AvgIpc) is 3.40. The van der Waals surface area contributed by atoms with Crippen LogP contribution >= 0.6 is 27.3 Å². The van der Waals surface area contributed by atoms with E-state index in [2.05, 4.69) is 38.3 Å². The molecule has 0 saturated carbocycles. The molecule has 2 aliphatic rings. The quantitative estimate of drug-likeness (QED) is 0.515. The highest BCUT2D eigenvalue weighted by Gasteiger charge is 2.23. The van der Waals surface area contributed by atoms with E-state index < -0.39 is 0 Å². The molecule has 0 bridgehead atoms. The van der Waals surface area contributed by atoms with Crippen LogP contribution in [0.3, 0.4) is 0 Å². The zero-order valence-corrected chi connectivity index (χ0v) is 18.8. The van der Waals surface area contributed by atoms with Crippen molar-refractivity contribution in [3.8, 4) is 17.2 Å². The van der Waals surface area contributed by atoms with Gasteiger partial charge in [-0.05, 0) is 66.3 Å². The number of fused-ring (bicyclic) bond motifs is 1. The standard InChI is InChI=1S/C21H27BrN2O4S/c22-20-6-5-19(29-20)16(28-18-4-1-3-17-21(18)27-15-26-17)7-9-23-8-2-10-24-11-13-25-14-12-24/h1,3-6,16,23H,2,7-15H2/t16-/m0/s1. The SMILES string of the molecule is Brc1ccc([C@H](CCNCCCN2CCOCC2)Oc2cccc3c2OCO3)s1. The Bertz CT molecular complexity index is 782. The number of ether oxygens (including phenoxy) is 4. The molecule has 1 saturated heterocycles. The van der Waals surface area contributed by atoms with Gasteiger partial charge in [0.15, 0.2) is 11.5 Å². The Balaban J connectivity index is 1.28. The lowest BCUT2D eigenvalue weighted by Crippen LogP contribution is -2.37. The molecular weight excluding hydrogens is 456 g/mol. The second kappa shape index (κ2) is 10.6. The Morgan fingerprint density at radius 2 is 2.03 bits per heavy atom. The maximum absolute atomic E-state index is 6.38. The fraction of sp³-hybridized carbons (Fsp3) is 0.524. The highest BCUT2D eigenvalue weighted by Crippen LogP contribution is 2.43. The van der Waals surface area contributed by atoms with Gasteiger partial charge in [-0.2, -0.15) is 0 Å². The van der Waals surface area contributed by atoms with Crippen LogP contribution < -0.4 is 19.5 Å². The van der Waals surface area contributed by atoms with E-state index in [1.165, 1.54) is 4.88 Å². The fourth-order valence-electron chi connectivity index (χ4n) is 3.52. The molecule has 0 unspecified atom stereocenters. The molecule has 1 aromatic carbocycles. The maximum atomic E-state index is 6.38. The van der Waals surface area contributed by atoms with Gasteiger partial charge >= 0.3 is 0 Å². The molecule has 29 heavy (non-hydrogen) atoms. The number of halogens is 1. The summed E-state index contributed by atoms with van der Waals surface area (Å²) in [5.74, 6) is 2.18. The third-order valence-electron chi connectivity index (χ3n) is 5.06. The molecule has 0 spiro atoms. The van der Waals surface area contributed by atoms with E-state index in [1.807, 2.05) is 18.2 Å². The number of nitrogens with zero attached hydrogens (tertiary/aromatic N) is 1. The van der Waals surface area contributed by atoms with Crippen LogP contribution in [0.2, 0.25) is 0 Å². The van der Waals surface area contributed by atoms with Gasteiger partial charge in [0.2, 0.25) is 12.5 Å². The van der Waals surface area contributed by atoms with Crippen molar-refractivity contribution >= 4 is 27.3 Å². The van der Waals surface area contributed by atoms with Crippen LogP contribution in [0, 0.1) is 0 Å². The lowest BCUT2D eigenvalue weighted by Gasteiger charge is -2.26. The Kier molecular flexibility index (Phi) is 7.67. The topological polar surface area (TPSA) is 52.2 Å². The van der Waals surface area contributed by atoms with Crippen molar-refractivity contribution in [3.05, 3.63) is 39.0 Å². The molecule has 1 fully saturated rings. The molecule has 0 amide bonds. The van der Waals surface area contributed by atoms with Gasteiger partial charge in [0, 0.05) is 24.4 Å². The smallest absolute Gasteiger partial charge is 0.231 e. The average molecular weight is 483 g/mol. The second-order valence-electron chi connectivity index (χ2n) is 7.08. The number of morpholine rings is 1. The number of hydrogen-bond donors (Lipinski definition) is 1. The van der Waals surface area contributed by atoms with Gasteiger partial charge in [-0.1, -0.05) is 6.07 Å². The Hall–Kier alpha value is -1.32. The van der Waals surface area contributed by atoms with Gasteiger partial charge in [0.25, 0.3) is 0 Å². The summed E-state index contributed by atoms with van der Waals surface area (Å²) in [7, 11) is 0. The highest BCUT2D eigenvalue weighted by molar-refractivity contribution is 9.11. The molecular formula is C21H27BrN2O4S. The molecule has 158 valence electrons. The summed E-state index contributed by atoms with van der Waals surface area (Å²) in [6.07, 6.45) is 2.00. The van der Waals surface area contributed by atoms with Crippen molar-refractivity contribution in [2.45, 2.75) is 18.9 Å². The van der Waals surface area contributed by atoms with Crippen molar-refractivity contribution in [1.82, 2.24) is 10.2 Å². The van der Waals surface area contributed by atoms with Gasteiger partial charge in [0.1, 0.15) is 6.10 Å². The maximum Gasteiger partial charge on any atom is 0.231 e. The third-order valence-corrected chi connectivity index (χ3v) is 6.77. The highest BCUT2D eigenvalue weighted by atomic mass is 79.9. The summed E-state index contributed by atoms with van der Waals surface area (Å²) in [6, 6.07) is 9.98. The monoisotopic (exact) mass is 482 g/mol. The molecule has 0 radical (unpaired) electrons. The van der Waals surface area contributed by atoms with Gasteiger partial charge < -0.3 is 24.3 Å². The Morgan fingerprint density at radius 3 is 2.86 bits per heavy atom. The minimum Gasteiger partial charge on any atom is -0.481 e. The van der Waals surface area contributed by atoms with Crippen molar-refractivity contribution in [3.63, 3.8) is 0 Å². The summed E-state index contributed by atoms with van der Waals surface area (Å²) < 4.78 is 24.0. The minimum absolute atomic E-state index is 0.0336. The first-order valence-electron chi connectivity index (χ1n) is 10.1. The number of para-hydroxylation sites is 1. The van der Waals surface area contributed by atoms with Crippen molar-refractivity contribution in [2.24, 2.45) is 0 Å². The van der Waals surface area contributed by atoms with Crippen molar-refractivity contribution < 1.29 is 18.9 Å². The second-order valence-corrected chi connectivity index (χ2v) is 9.58. The number of benzene rings is 1. The summed E-state index contributed by atoms with van der Waals surface area (Å²) in [5, 5.41) is 3.57. The third kappa shape index (κ3) is 5.86. The van der Waals surface area contributed by atoms with Gasteiger partial charge in [0.05, 0.1) is 17.0 Å². The van der Waals surface area contributed by atoms with Gasteiger partial charge in [-0.25, -0.2) is 0 Å². The number of rotatable bonds is 10. The van der Waals surface area contributed by atoms with E-state index in [0.29, 0.717) is 5.75 Å². The molecule has 0 aliphatic carbocycles. The van der Waals surface area contributed by atoms with E-state index in [9.17, 15) is 0 Å². The summed E-state index contributed by atoms with van der Waals surface area (Å²) in [6.45, 7) is 7.11. The van der Waals surface area contributed by atoms with Crippen LogP contribution in [-0.4, -0.2) is 57.6 Å². The molecule has 2 aromatic rings. The zero-order chi connectivity index (χ0) is 19.9. The zero-order valence-electron chi connectivity index (χ0n) is 16.4. The van der Waals surface area contributed by atoms with Crippen LogP contribution in [0.4, 0.5) is 0 Å². The summed E-state index contributed by atoms with van der Waals surface area (Å²) in [4.78, 5) is 3.67. The lowest BCUT2D eigenvalue weighted by atomic mass is 10.2. The number of hydrogen-bond acceptors (Lipinski definition) is 7. The molecule has 2 aliphatic heterocycles. The lowest BCUT2D eigenvalue weighted by molar-refractivity contribution is 0.0374. The van der Waals surface area contributed by atoms with E-state index in [-0.39, 0.29) is 12.9 Å². The Labute approximate surface area is 184 Å². The fourth-order valence-corrected chi connectivity index (χ4v) is 5.01.